The Morgan fingerprint density at radius 3 is 2.25 bits per heavy atom. The van der Waals surface area contributed by atoms with Gasteiger partial charge in [-0.25, -0.2) is 8.99 Å². The zero-order valence-electron chi connectivity index (χ0n) is 11.6. The molecule has 0 bridgehead atoms. The van der Waals surface area contributed by atoms with Crippen molar-refractivity contribution in [3.63, 3.8) is 0 Å². The van der Waals surface area contributed by atoms with Crippen LogP contribution in [0.1, 0.15) is 5.56 Å². The van der Waals surface area contributed by atoms with Crippen LogP contribution in [0, 0.1) is 4.78 Å². The minimum Gasteiger partial charge on any atom is -0.496 e. The van der Waals surface area contributed by atoms with Gasteiger partial charge in [-0.2, -0.15) is 0 Å². The number of methoxy groups -OCH3 is 1. The Kier molecular flexibility index (Phi) is 4.11. The first kappa shape index (κ1) is 14.6. The van der Waals surface area contributed by atoms with Crippen LogP contribution in [0.4, 0.5) is 0 Å². The summed E-state index contributed by atoms with van der Waals surface area (Å²) in [6, 6.07) is 13.0. The molecule has 2 aromatic carbocycles. The van der Waals surface area contributed by atoms with E-state index < -0.39 is 9.73 Å². The average molecular weight is 290 g/mol. The van der Waals surface area contributed by atoms with Crippen LogP contribution in [0.3, 0.4) is 0 Å². The molecule has 106 valence electrons. The van der Waals surface area contributed by atoms with E-state index in [-0.39, 0.29) is 0 Å². The molecular weight excluding hydrogens is 272 g/mol. The molecule has 0 spiro atoms. The standard InChI is InChI=1S/C15H18N2O2S/c1-19-15-9-12(3-4-13(15)10-16)11-5-7-14(8-6-11)20(2,17)18/h3-9,17H,10,16H2,1-2H3. The lowest BCUT2D eigenvalue weighted by Gasteiger charge is -2.10. The smallest absolute Gasteiger partial charge is 0.123 e. The summed E-state index contributed by atoms with van der Waals surface area (Å²) in [5.74, 6) is 0.758. The van der Waals surface area contributed by atoms with Gasteiger partial charge in [-0.05, 0) is 29.3 Å². The number of nitrogens with one attached hydrogen (secondary N) is 1. The average Bonchev–Trinajstić information content (AvgIpc) is 2.45. The molecule has 0 aromatic heterocycles. The number of nitrogens with two attached hydrogens (primary N) is 1. The molecule has 0 aliphatic carbocycles. The third-order valence-electron chi connectivity index (χ3n) is 3.14. The SMILES string of the molecule is COc1cc(-c2ccc(S(C)(=N)=O)cc2)ccc1CN. The highest BCUT2D eigenvalue weighted by Crippen LogP contribution is 2.27. The molecule has 0 saturated carbocycles. The lowest BCUT2D eigenvalue weighted by Crippen LogP contribution is -1.99. The van der Waals surface area contributed by atoms with Crippen LogP contribution in [-0.4, -0.2) is 17.6 Å². The molecule has 2 aromatic rings. The van der Waals surface area contributed by atoms with Crippen LogP contribution in [0.2, 0.25) is 0 Å². The first-order valence-corrected chi connectivity index (χ1v) is 8.13. The summed E-state index contributed by atoms with van der Waals surface area (Å²) >= 11 is 0. The van der Waals surface area contributed by atoms with Crippen molar-refractivity contribution in [1.82, 2.24) is 0 Å². The zero-order valence-corrected chi connectivity index (χ0v) is 12.4. The Labute approximate surface area is 119 Å². The van der Waals surface area contributed by atoms with Gasteiger partial charge in [0.25, 0.3) is 0 Å². The fourth-order valence-electron chi connectivity index (χ4n) is 2.00. The van der Waals surface area contributed by atoms with Crippen molar-refractivity contribution in [2.45, 2.75) is 11.4 Å². The minimum absolute atomic E-state index is 0.430. The van der Waals surface area contributed by atoms with E-state index in [0.717, 1.165) is 22.4 Å². The molecule has 0 heterocycles. The zero-order chi connectivity index (χ0) is 14.8. The lowest BCUT2D eigenvalue weighted by atomic mass is 10.0. The second-order valence-corrected chi connectivity index (χ2v) is 6.76. The summed E-state index contributed by atoms with van der Waals surface area (Å²) < 4.78 is 24.5. The van der Waals surface area contributed by atoms with Gasteiger partial charge in [0.1, 0.15) is 5.75 Å². The van der Waals surface area contributed by atoms with Gasteiger partial charge in [0.15, 0.2) is 0 Å². The van der Waals surface area contributed by atoms with Gasteiger partial charge in [0, 0.05) is 23.3 Å². The molecule has 0 aliphatic rings. The summed E-state index contributed by atoms with van der Waals surface area (Å²) in [7, 11) is -1.05. The third kappa shape index (κ3) is 3.00. The third-order valence-corrected chi connectivity index (χ3v) is 4.32. The second-order valence-electron chi connectivity index (χ2n) is 4.60. The van der Waals surface area contributed by atoms with E-state index in [1.807, 2.05) is 30.3 Å². The van der Waals surface area contributed by atoms with Crippen LogP contribution in [-0.2, 0) is 16.3 Å². The summed E-state index contributed by atoms with van der Waals surface area (Å²) in [6.07, 6.45) is 1.42. The molecule has 3 N–H and O–H groups in total. The van der Waals surface area contributed by atoms with E-state index in [1.54, 1.807) is 19.2 Å². The normalized spacial score (nSPS) is 13.8. The van der Waals surface area contributed by atoms with Crippen molar-refractivity contribution < 1.29 is 8.95 Å². The highest BCUT2D eigenvalue weighted by atomic mass is 32.2. The first-order valence-electron chi connectivity index (χ1n) is 6.17. The molecule has 2 rings (SSSR count). The second kappa shape index (κ2) is 5.64. The Bertz CT molecular complexity index is 707. The number of benzene rings is 2. The molecule has 5 heteroatoms. The Morgan fingerprint density at radius 1 is 1.15 bits per heavy atom. The highest BCUT2D eigenvalue weighted by molar-refractivity contribution is 7.91. The Balaban J connectivity index is 2.42. The summed E-state index contributed by atoms with van der Waals surface area (Å²) in [5.41, 5.74) is 8.59. The number of hydrogen-bond donors (Lipinski definition) is 2. The van der Waals surface area contributed by atoms with E-state index in [0.29, 0.717) is 11.4 Å². The Hall–Kier alpha value is -1.85. The molecule has 0 radical (unpaired) electrons. The van der Waals surface area contributed by atoms with Crippen molar-refractivity contribution >= 4 is 9.73 Å². The summed E-state index contributed by atoms with van der Waals surface area (Å²) in [4.78, 5) is 0.534. The van der Waals surface area contributed by atoms with Crippen molar-refractivity contribution in [1.29, 1.82) is 4.78 Å². The van der Waals surface area contributed by atoms with Gasteiger partial charge in [-0.15, -0.1) is 0 Å². The Morgan fingerprint density at radius 2 is 1.75 bits per heavy atom. The van der Waals surface area contributed by atoms with Crippen molar-refractivity contribution in [3.8, 4) is 16.9 Å². The quantitative estimate of drug-likeness (QED) is 0.909. The maximum Gasteiger partial charge on any atom is 0.123 e. The van der Waals surface area contributed by atoms with Crippen LogP contribution in [0.15, 0.2) is 47.4 Å². The highest BCUT2D eigenvalue weighted by Gasteiger charge is 2.07. The maximum atomic E-state index is 11.7. The number of hydrogen-bond acceptors (Lipinski definition) is 4. The lowest BCUT2D eigenvalue weighted by molar-refractivity contribution is 0.410. The minimum atomic E-state index is -2.67. The van der Waals surface area contributed by atoms with Crippen LogP contribution >= 0.6 is 0 Å². The van der Waals surface area contributed by atoms with E-state index in [1.165, 1.54) is 6.26 Å². The van der Waals surface area contributed by atoms with Gasteiger partial charge < -0.3 is 10.5 Å². The molecule has 1 unspecified atom stereocenters. The largest absolute Gasteiger partial charge is 0.496 e. The molecule has 0 aliphatic heterocycles. The molecule has 0 amide bonds. The van der Waals surface area contributed by atoms with Gasteiger partial charge in [-0.1, -0.05) is 24.3 Å². The van der Waals surface area contributed by atoms with Gasteiger partial charge in [0.2, 0.25) is 0 Å². The van der Waals surface area contributed by atoms with Crippen LogP contribution in [0.5, 0.6) is 5.75 Å². The molecular formula is C15H18N2O2S. The molecule has 1 atom stereocenters. The maximum absolute atomic E-state index is 11.7. The number of rotatable bonds is 4. The van der Waals surface area contributed by atoms with Crippen molar-refractivity contribution in [2.24, 2.45) is 5.73 Å². The molecule has 0 fully saturated rings. The van der Waals surface area contributed by atoms with Crippen molar-refractivity contribution in [2.75, 3.05) is 13.4 Å². The van der Waals surface area contributed by atoms with Gasteiger partial charge in [-0.3, -0.25) is 0 Å². The predicted molar refractivity (Wildman–Crippen MR) is 81.4 cm³/mol. The molecule has 0 saturated heterocycles. The van der Waals surface area contributed by atoms with Crippen molar-refractivity contribution in [3.05, 3.63) is 48.0 Å². The fourth-order valence-corrected chi connectivity index (χ4v) is 2.66. The number of ether oxygens (including phenoxy) is 1. The fraction of sp³-hybridized carbons (Fsp3) is 0.200. The van der Waals surface area contributed by atoms with E-state index in [4.69, 9.17) is 15.3 Å². The van der Waals surface area contributed by atoms with Gasteiger partial charge in [0.05, 0.1) is 16.8 Å². The van der Waals surface area contributed by atoms with E-state index in [9.17, 15) is 4.21 Å². The van der Waals surface area contributed by atoms with Crippen LogP contribution in [0.25, 0.3) is 11.1 Å². The topological polar surface area (TPSA) is 76.2 Å². The van der Waals surface area contributed by atoms with E-state index in [2.05, 4.69) is 0 Å². The van der Waals surface area contributed by atoms with E-state index >= 15 is 0 Å². The van der Waals surface area contributed by atoms with Crippen LogP contribution < -0.4 is 10.5 Å². The summed E-state index contributed by atoms with van der Waals surface area (Å²) in [5, 5.41) is 0. The summed E-state index contributed by atoms with van der Waals surface area (Å²) in [6.45, 7) is 0.430. The first-order chi connectivity index (χ1) is 9.45. The molecule has 20 heavy (non-hydrogen) atoms. The predicted octanol–water partition coefficient (Wildman–Crippen LogP) is 2.86. The molecule has 4 nitrogen and oxygen atoms in total. The monoisotopic (exact) mass is 290 g/mol. The van der Waals surface area contributed by atoms with Gasteiger partial charge >= 0.3 is 0 Å².